The molecule has 0 spiro atoms. The number of nitrogens with zero attached hydrogens (tertiary/aromatic N) is 4. The van der Waals surface area contributed by atoms with Crippen molar-refractivity contribution in [3.05, 3.63) is 18.2 Å². The van der Waals surface area contributed by atoms with Crippen molar-refractivity contribution in [1.29, 1.82) is 0 Å². The highest BCUT2D eigenvalue weighted by Gasteiger charge is 2.24. The van der Waals surface area contributed by atoms with Crippen molar-refractivity contribution in [2.24, 2.45) is 4.99 Å². The number of likely N-dealkylation sites (N-methyl/N-ethyl adjacent to an activating group) is 1. The fraction of sp³-hybridized carbons (Fsp3) is 0.696. The molecule has 2 heterocycles. The molecule has 2 aliphatic heterocycles. The third-order valence-corrected chi connectivity index (χ3v) is 6.17. The lowest BCUT2D eigenvalue weighted by Crippen LogP contribution is -2.47. The van der Waals surface area contributed by atoms with Gasteiger partial charge in [0.2, 0.25) is 0 Å². The van der Waals surface area contributed by atoms with E-state index in [1.807, 2.05) is 6.07 Å². The highest BCUT2D eigenvalue weighted by molar-refractivity contribution is 5.80. The summed E-state index contributed by atoms with van der Waals surface area (Å²) >= 11 is 0. The molecule has 31 heavy (non-hydrogen) atoms. The molecule has 0 amide bonds. The lowest BCUT2D eigenvalue weighted by atomic mass is 10.2. The Morgan fingerprint density at radius 2 is 1.68 bits per heavy atom. The van der Waals surface area contributed by atoms with E-state index >= 15 is 0 Å². The second-order valence-electron chi connectivity index (χ2n) is 8.18. The van der Waals surface area contributed by atoms with Crippen LogP contribution in [0.3, 0.4) is 0 Å². The number of methoxy groups -OCH3 is 2. The van der Waals surface area contributed by atoms with E-state index in [0.717, 1.165) is 81.9 Å². The van der Waals surface area contributed by atoms with Gasteiger partial charge in [-0.15, -0.1) is 0 Å². The Morgan fingerprint density at radius 1 is 1.00 bits per heavy atom. The molecule has 0 saturated carbocycles. The molecule has 8 heteroatoms. The maximum Gasteiger partial charge on any atom is 0.191 e. The second-order valence-corrected chi connectivity index (χ2v) is 8.18. The van der Waals surface area contributed by atoms with Crippen molar-refractivity contribution in [2.45, 2.75) is 26.3 Å². The predicted molar refractivity (Wildman–Crippen MR) is 128 cm³/mol. The zero-order valence-corrected chi connectivity index (χ0v) is 19.7. The Bertz CT molecular complexity index is 683. The summed E-state index contributed by atoms with van der Waals surface area (Å²) in [5, 5.41) is 7.04. The topological polar surface area (TPSA) is 64.6 Å². The first kappa shape index (κ1) is 23.5. The minimum atomic E-state index is 0.364. The Kier molecular flexibility index (Phi) is 9.09. The van der Waals surface area contributed by atoms with Gasteiger partial charge < -0.3 is 29.9 Å². The molecule has 3 rings (SSSR count). The lowest BCUT2D eigenvalue weighted by Gasteiger charge is -2.33. The number of aliphatic imine (C=N–C) groups is 1. The number of hydrogen-bond donors (Lipinski definition) is 2. The zero-order chi connectivity index (χ0) is 22.1. The van der Waals surface area contributed by atoms with Crippen LogP contribution in [0.4, 0.5) is 5.69 Å². The zero-order valence-electron chi connectivity index (χ0n) is 19.7. The van der Waals surface area contributed by atoms with Gasteiger partial charge in [0.25, 0.3) is 0 Å². The predicted octanol–water partition coefficient (Wildman–Crippen LogP) is 1.48. The van der Waals surface area contributed by atoms with Crippen LogP contribution in [0, 0.1) is 0 Å². The Labute approximate surface area is 187 Å². The van der Waals surface area contributed by atoms with Gasteiger partial charge in [-0.05, 0) is 19.9 Å². The molecule has 0 aromatic heterocycles. The highest BCUT2D eigenvalue weighted by atomic mass is 16.5. The van der Waals surface area contributed by atoms with Crippen LogP contribution >= 0.6 is 0 Å². The fourth-order valence-electron chi connectivity index (χ4n) is 4.23. The van der Waals surface area contributed by atoms with Gasteiger partial charge >= 0.3 is 0 Å². The molecule has 2 N–H and O–H groups in total. The molecule has 2 fully saturated rings. The molecule has 1 aromatic rings. The Morgan fingerprint density at radius 3 is 2.29 bits per heavy atom. The average Bonchev–Trinajstić information content (AvgIpc) is 3.27. The molecule has 8 nitrogen and oxygen atoms in total. The summed E-state index contributed by atoms with van der Waals surface area (Å²) < 4.78 is 10.9. The molecule has 1 aromatic carbocycles. The number of rotatable bonds is 9. The normalized spacial score (nSPS) is 20.7. The summed E-state index contributed by atoms with van der Waals surface area (Å²) in [5.74, 6) is 2.56. The van der Waals surface area contributed by atoms with Gasteiger partial charge in [0.05, 0.1) is 20.8 Å². The van der Waals surface area contributed by atoms with E-state index in [9.17, 15) is 0 Å². The van der Waals surface area contributed by atoms with Gasteiger partial charge in [0.1, 0.15) is 11.5 Å². The number of nitrogens with one attached hydrogen (secondary N) is 2. The van der Waals surface area contributed by atoms with E-state index in [-0.39, 0.29) is 0 Å². The largest absolute Gasteiger partial charge is 0.497 e. The molecule has 2 aliphatic rings. The second kappa shape index (κ2) is 12.0. The van der Waals surface area contributed by atoms with Crippen LogP contribution in [-0.2, 0) is 0 Å². The van der Waals surface area contributed by atoms with Crippen LogP contribution in [0.1, 0.15) is 20.3 Å². The molecular weight excluding hydrogens is 392 g/mol. The monoisotopic (exact) mass is 432 g/mol. The average molecular weight is 433 g/mol. The maximum absolute atomic E-state index is 5.43. The van der Waals surface area contributed by atoms with E-state index in [2.05, 4.69) is 51.3 Å². The number of ether oxygens (including phenoxy) is 2. The molecular formula is C23H40N6O2. The fourth-order valence-corrected chi connectivity index (χ4v) is 4.23. The smallest absolute Gasteiger partial charge is 0.191 e. The summed E-state index contributed by atoms with van der Waals surface area (Å²) in [6.45, 7) is 14.8. The third-order valence-electron chi connectivity index (χ3n) is 6.17. The summed E-state index contributed by atoms with van der Waals surface area (Å²) in [6.07, 6.45) is 1.07. The van der Waals surface area contributed by atoms with Crippen LogP contribution < -0.4 is 25.0 Å². The van der Waals surface area contributed by atoms with Gasteiger partial charge in [0, 0.05) is 82.3 Å². The minimum Gasteiger partial charge on any atom is -0.497 e. The van der Waals surface area contributed by atoms with Crippen molar-refractivity contribution < 1.29 is 9.47 Å². The van der Waals surface area contributed by atoms with Crippen molar-refractivity contribution in [1.82, 2.24) is 20.4 Å². The van der Waals surface area contributed by atoms with E-state index in [4.69, 9.17) is 14.5 Å². The summed E-state index contributed by atoms with van der Waals surface area (Å²) in [4.78, 5) is 12.2. The number of hydrogen-bond acceptors (Lipinski definition) is 6. The van der Waals surface area contributed by atoms with E-state index < -0.39 is 0 Å². The number of piperazine rings is 1. The molecule has 1 atom stereocenters. The van der Waals surface area contributed by atoms with Crippen molar-refractivity contribution in [2.75, 3.05) is 84.6 Å². The minimum absolute atomic E-state index is 0.364. The number of benzene rings is 1. The van der Waals surface area contributed by atoms with E-state index in [0.29, 0.717) is 6.04 Å². The van der Waals surface area contributed by atoms with Crippen molar-refractivity contribution in [3.63, 3.8) is 0 Å². The summed E-state index contributed by atoms with van der Waals surface area (Å²) in [5.41, 5.74) is 1.13. The molecule has 174 valence electrons. The maximum atomic E-state index is 5.43. The molecule has 1 unspecified atom stereocenters. The van der Waals surface area contributed by atoms with Crippen LogP contribution in [0.5, 0.6) is 11.5 Å². The van der Waals surface area contributed by atoms with Gasteiger partial charge in [0.15, 0.2) is 5.96 Å². The first-order valence-corrected chi connectivity index (χ1v) is 11.6. The first-order chi connectivity index (χ1) is 15.1. The van der Waals surface area contributed by atoms with Gasteiger partial charge in [-0.25, -0.2) is 0 Å². The van der Waals surface area contributed by atoms with E-state index in [1.54, 1.807) is 14.2 Å². The van der Waals surface area contributed by atoms with E-state index in [1.165, 1.54) is 13.1 Å². The molecule has 0 aliphatic carbocycles. The summed E-state index contributed by atoms with van der Waals surface area (Å²) in [6, 6.07) is 6.42. The number of guanidine groups is 1. The van der Waals surface area contributed by atoms with Gasteiger partial charge in [-0.1, -0.05) is 6.92 Å². The first-order valence-electron chi connectivity index (χ1n) is 11.6. The van der Waals surface area contributed by atoms with Gasteiger partial charge in [-0.2, -0.15) is 0 Å². The standard InChI is InChI=1S/C23H40N6O2/c1-5-24-23(25-8-10-28-13-11-27(6-2)12-14-28)26-19-7-9-29(18-19)20-15-21(30-3)17-22(16-20)31-4/h15-17,19H,5-14,18H2,1-4H3,(H2,24,25,26). The van der Waals surface area contributed by atoms with Crippen molar-refractivity contribution in [3.8, 4) is 11.5 Å². The third kappa shape index (κ3) is 6.90. The van der Waals surface area contributed by atoms with Crippen LogP contribution in [0.2, 0.25) is 0 Å². The Balaban J connectivity index is 1.51. The number of anilines is 1. The quantitative estimate of drug-likeness (QED) is 0.453. The van der Waals surface area contributed by atoms with Crippen molar-refractivity contribution >= 4 is 11.6 Å². The molecule has 0 radical (unpaired) electrons. The van der Waals surface area contributed by atoms with Crippen LogP contribution in [-0.4, -0.2) is 101 Å². The summed E-state index contributed by atoms with van der Waals surface area (Å²) in [7, 11) is 3.38. The highest BCUT2D eigenvalue weighted by Crippen LogP contribution is 2.30. The Hall–Kier alpha value is -2.19. The van der Waals surface area contributed by atoms with Crippen LogP contribution in [0.15, 0.2) is 23.2 Å². The van der Waals surface area contributed by atoms with Gasteiger partial charge in [-0.3, -0.25) is 9.89 Å². The molecule has 0 bridgehead atoms. The lowest BCUT2D eigenvalue weighted by molar-refractivity contribution is 0.140. The SMILES string of the molecule is CCNC(=NCCN1CCN(CC)CC1)NC1CCN(c2cc(OC)cc(OC)c2)C1. The molecule has 2 saturated heterocycles. The van der Waals surface area contributed by atoms with Crippen LogP contribution in [0.25, 0.3) is 0 Å².